The molecule has 0 fully saturated rings. The zero-order valence-corrected chi connectivity index (χ0v) is 10.2. The first kappa shape index (κ1) is 13.6. The SMILES string of the molecule is C=COCCCNC(CC)c1ccc(F)cn1. The monoisotopic (exact) mass is 238 g/mol. The van der Waals surface area contributed by atoms with Gasteiger partial charge in [0.25, 0.3) is 0 Å². The average Bonchev–Trinajstić information content (AvgIpc) is 2.35. The molecule has 0 saturated carbocycles. The van der Waals surface area contributed by atoms with E-state index in [1.54, 1.807) is 6.07 Å². The van der Waals surface area contributed by atoms with E-state index in [4.69, 9.17) is 4.74 Å². The number of halogens is 1. The lowest BCUT2D eigenvalue weighted by Gasteiger charge is -2.16. The zero-order chi connectivity index (χ0) is 12.5. The maximum Gasteiger partial charge on any atom is 0.141 e. The molecule has 0 saturated heterocycles. The van der Waals surface area contributed by atoms with E-state index in [9.17, 15) is 4.39 Å². The molecule has 1 unspecified atom stereocenters. The highest BCUT2D eigenvalue weighted by atomic mass is 19.1. The van der Waals surface area contributed by atoms with Gasteiger partial charge < -0.3 is 10.1 Å². The molecule has 0 aromatic carbocycles. The number of nitrogens with one attached hydrogen (secondary N) is 1. The lowest BCUT2D eigenvalue weighted by atomic mass is 10.1. The summed E-state index contributed by atoms with van der Waals surface area (Å²) in [7, 11) is 0. The molecule has 1 heterocycles. The third kappa shape index (κ3) is 4.95. The summed E-state index contributed by atoms with van der Waals surface area (Å²) in [6.45, 7) is 7.04. The van der Waals surface area contributed by atoms with Crippen LogP contribution >= 0.6 is 0 Å². The fraction of sp³-hybridized carbons (Fsp3) is 0.462. The Kier molecular flexibility index (Phi) is 6.25. The van der Waals surface area contributed by atoms with Crippen LogP contribution in [-0.4, -0.2) is 18.1 Å². The van der Waals surface area contributed by atoms with Gasteiger partial charge in [-0.2, -0.15) is 0 Å². The molecule has 1 atom stereocenters. The maximum absolute atomic E-state index is 12.7. The van der Waals surface area contributed by atoms with E-state index in [1.807, 2.05) is 0 Å². The third-order valence-electron chi connectivity index (χ3n) is 2.46. The molecular formula is C13H19FN2O. The number of hydrogen-bond acceptors (Lipinski definition) is 3. The Labute approximate surface area is 102 Å². The molecule has 1 aromatic heterocycles. The van der Waals surface area contributed by atoms with Gasteiger partial charge in [-0.25, -0.2) is 4.39 Å². The van der Waals surface area contributed by atoms with E-state index < -0.39 is 0 Å². The number of hydrogen-bond donors (Lipinski definition) is 1. The topological polar surface area (TPSA) is 34.1 Å². The van der Waals surface area contributed by atoms with Gasteiger partial charge in [-0.05, 0) is 31.5 Å². The molecular weight excluding hydrogens is 219 g/mol. The Balaban J connectivity index is 2.37. The fourth-order valence-electron chi connectivity index (χ4n) is 1.57. The van der Waals surface area contributed by atoms with Crippen molar-refractivity contribution < 1.29 is 9.13 Å². The van der Waals surface area contributed by atoms with E-state index in [1.165, 1.54) is 18.5 Å². The van der Waals surface area contributed by atoms with Crippen molar-refractivity contribution in [3.63, 3.8) is 0 Å². The Morgan fingerprint density at radius 3 is 3.00 bits per heavy atom. The minimum Gasteiger partial charge on any atom is -0.502 e. The standard InChI is InChI=1S/C13H19FN2O/c1-3-12(15-8-5-9-17-4-2)13-7-6-11(14)10-16-13/h4,6-7,10,12,15H,2-3,5,8-9H2,1H3. The van der Waals surface area contributed by atoms with Gasteiger partial charge in [-0.3, -0.25) is 4.98 Å². The normalized spacial score (nSPS) is 12.1. The molecule has 3 nitrogen and oxygen atoms in total. The highest BCUT2D eigenvalue weighted by Crippen LogP contribution is 2.13. The number of rotatable bonds is 8. The highest BCUT2D eigenvalue weighted by Gasteiger charge is 2.09. The Hall–Kier alpha value is -1.42. The molecule has 94 valence electrons. The first-order valence-electron chi connectivity index (χ1n) is 5.85. The Morgan fingerprint density at radius 2 is 2.41 bits per heavy atom. The second kappa shape index (κ2) is 7.79. The molecule has 0 amide bonds. The molecule has 0 aliphatic carbocycles. The van der Waals surface area contributed by atoms with Crippen molar-refractivity contribution in [3.8, 4) is 0 Å². The lowest BCUT2D eigenvalue weighted by Crippen LogP contribution is -2.23. The Morgan fingerprint density at radius 1 is 1.59 bits per heavy atom. The van der Waals surface area contributed by atoms with Gasteiger partial charge >= 0.3 is 0 Å². The van der Waals surface area contributed by atoms with Gasteiger partial charge in [-0.1, -0.05) is 13.5 Å². The van der Waals surface area contributed by atoms with Crippen LogP contribution in [0.5, 0.6) is 0 Å². The number of aromatic nitrogens is 1. The van der Waals surface area contributed by atoms with Crippen molar-refractivity contribution in [2.45, 2.75) is 25.8 Å². The summed E-state index contributed by atoms with van der Waals surface area (Å²) in [5.41, 5.74) is 0.874. The van der Waals surface area contributed by atoms with Crippen LogP contribution in [0.15, 0.2) is 31.2 Å². The molecule has 0 bridgehead atoms. The summed E-state index contributed by atoms with van der Waals surface area (Å²) >= 11 is 0. The second-order valence-electron chi connectivity index (χ2n) is 3.71. The van der Waals surface area contributed by atoms with Crippen molar-refractivity contribution in [2.75, 3.05) is 13.2 Å². The van der Waals surface area contributed by atoms with Crippen LogP contribution in [0, 0.1) is 5.82 Å². The number of nitrogens with zero attached hydrogens (tertiary/aromatic N) is 1. The molecule has 17 heavy (non-hydrogen) atoms. The van der Waals surface area contributed by atoms with Gasteiger partial charge in [-0.15, -0.1) is 0 Å². The molecule has 0 aliphatic heterocycles. The fourth-order valence-corrected chi connectivity index (χ4v) is 1.57. The van der Waals surface area contributed by atoms with Crippen LogP contribution in [0.3, 0.4) is 0 Å². The van der Waals surface area contributed by atoms with Crippen LogP contribution in [0.1, 0.15) is 31.5 Å². The predicted molar refractivity (Wildman–Crippen MR) is 66.0 cm³/mol. The molecule has 0 spiro atoms. The van der Waals surface area contributed by atoms with E-state index in [0.717, 1.165) is 25.1 Å². The van der Waals surface area contributed by atoms with E-state index >= 15 is 0 Å². The summed E-state index contributed by atoms with van der Waals surface area (Å²) < 4.78 is 17.8. The van der Waals surface area contributed by atoms with Crippen molar-refractivity contribution >= 4 is 0 Å². The Bertz CT molecular complexity index is 327. The van der Waals surface area contributed by atoms with E-state index in [-0.39, 0.29) is 11.9 Å². The summed E-state index contributed by atoms with van der Waals surface area (Å²) in [5, 5.41) is 3.36. The van der Waals surface area contributed by atoms with Crippen LogP contribution in [-0.2, 0) is 4.74 Å². The molecule has 1 rings (SSSR count). The van der Waals surface area contributed by atoms with Crippen LogP contribution in [0.2, 0.25) is 0 Å². The molecule has 1 aromatic rings. The van der Waals surface area contributed by atoms with Gasteiger partial charge in [0.05, 0.1) is 24.8 Å². The molecule has 4 heteroatoms. The van der Waals surface area contributed by atoms with E-state index in [2.05, 4.69) is 23.8 Å². The lowest BCUT2D eigenvalue weighted by molar-refractivity contribution is 0.242. The predicted octanol–water partition coefficient (Wildman–Crippen LogP) is 2.81. The van der Waals surface area contributed by atoms with Gasteiger partial charge in [0.15, 0.2) is 0 Å². The van der Waals surface area contributed by atoms with Gasteiger partial charge in [0, 0.05) is 6.04 Å². The highest BCUT2D eigenvalue weighted by molar-refractivity contribution is 5.09. The molecule has 0 radical (unpaired) electrons. The maximum atomic E-state index is 12.7. The minimum absolute atomic E-state index is 0.166. The summed E-state index contributed by atoms with van der Waals surface area (Å²) in [6.07, 6.45) is 4.52. The number of pyridine rings is 1. The van der Waals surface area contributed by atoms with Crippen LogP contribution in [0.4, 0.5) is 4.39 Å². The van der Waals surface area contributed by atoms with Crippen LogP contribution < -0.4 is 5.32 Å². The van der Waals surface area contributed by atoms with Gasteiger partial charge in [0.2, 0.25) is 0 Å². The van der Waals surface area contributed by atoms with Crippen molar-refractivity contribution in [1.29, 1.82) is 0 Å². The first-order chi connectivity index (χ1) is 8.27. The summed E-state index contributed by atoms with van der Waals surface area (Å²) in [4.78, 5) is 4.08. The number of ether oxygens (including phenoxy) is 1. The average molecular weight is 238 g/mol. The molecule has 1 N–H and O–H groups in total. The van der Waals surface area contributed by atoms with Crippen molar-refractivity contribution in [2.24, 2.45) is 0 Å². The minimum atomic E-state index is -0.303. The smallest absolute Gasteiger partial charge is 0.141 e. The second-order valence-corrected chi connectivity index (χ2v) is 3.71. The van der Waals surface area contributed by atoms with Crippen molar-refractivity contribution in [1.82, 2.24) is 10.3 Å². The van der Waals surface area contributed by atoms with Crippen molar-refractivity contribution in [3.05, 3.63) is 42.7 Å². The van der Waals surface area contributed by atoms with Gasteiger partial charge in [0.1, 0.15) is 5.82 Å². The summed E-state index contributed by atoms with van der Waals surface area (Å²) in [6, 6.07) is 3.32. The zero-order valence-electron chi connectivity index (χ0n) is 10.2. The quantitative estimate of drug-likeness (QED) is 0.558. The van der Waals surface area contributed by atoms with E-state index in [0.29, 0.717) is 6.61 Å². The molecule has 0 aliphatic rings. The summed E-state index contributed by atoms with van der Waals surface area (Å²) in [5.74, 6) is -0.303. The first-order valence-corrected chi connectivity index (χ1v) is 5.85. The largest absolute Gasteiger partial charge is 0.502 e. The van der Waals surface area contributed by atoms with Crippen LogP contribution in [0.25, 0.3) is 0 Å². The third-order valence-corrected chi connectivity index (χ3v) is 2.46.